The number of nitrogens with two attached hydrogens (primary N) is 1. The van der Waals surface area contributed by atoms with Crippen molar-refractivity contribution in [1.29, 1.82) is 0 Å². The summed E-state index contributed by atoms with van der Waals surface area (Å²) >= 11 is 0. The van der Waals surface area contributed by atoms with Crippen LogP contribution in [-0.4, -0.2) is 19.1 Å². The number of fused-ring (bicyclic) bond motifs is 1. The fourth-order valence-corrected chi connectivity index (χ4v) is 1.69. The van der Waals surface area contributed by atoms with Crippen molar-refractivity contribution in [2.75, 3.05) is 13.2 Å². The fourth-order valence-electron chi connectivity index (χ4n) is 1.69. The van der Waals surface area contributed by atoms with Gasteiger partial charge in [-0.3, -0.25) is 9.63 Å². The molecule has 1 atom stereocenters. The first-order valence-electron chi connectivity index (χ1n) is 5.08. The molecule has 1 unspecified atom stereocenters. The van der Waals surface area contributed by atoms with E-state index in [0.29, 0.717) is 13.2 Å². The highest BCUT2D eigenvalue weighted by Crippen LogP contribution is 2.24. The molecule has 0 saturated heterocycles. The van der Waals surface area contributed by atoms with Crippen LogP contribution in [0.4, 0.5) is 0 Å². The highest BCUT2D eigenvalue weighted by atomic mass is 16.6. The Kier molecular flexibility index (Phi) is 3.51. The van der Waals surface area contributed by atoms with Gasteiger partial charge in [0, 0.05) is 0 Å². The Balaban J connectivity index is 1.99. The van der Waals surface area contributed by atoms with E-state index in [1.165, 1.54) is 0 Å². The van der Waals surface area contributed by atoms with Gasteiger partial charge in [-0.15, -0.1) is 0 Å². The summed E-state index contributed by atoms with van der Waals surface area (Å²) < 4.78 is 5.41. The molecule has 16 heavy (non-hydrogen) atoms. The van der Waals surface area contributed by atoms with Crippen molar-refractivity contribution in [3.05, 3.63) is 35.4 Å². The van der Waals surface area contributed by atoms with Gasteiger partial charge in [-0.1, -0.05) is 24.3 Å². The van der Waals surface area contributed by atoms with E-state index in [9.17, 15) is 4.79 Å². The van der Waals surface area contributed by atoms with Crippen LogP contribution >= 0.6 is 0 Å². The number of ether oxygens (including phenoxy) is 1. The zero-order chi connectivity index (χ0) is 11.4. The molecule has 0 spiro atoms. The van der Waals surface area contributed by atoms with Gasteiger partial charge in [0.2, 0.25) is 5.91 Å². The molecule has 1 heterocycles. The average Bonchev–Trinajstić information content (AvgIpc) is 2.29. The summed E-state index contributed by atoms with van der Waals surface area (Å²) in [5.41, 5.74) is 10.0. The average molecular weight is 222 g/mol. The fraction of sp³-hybridized carbons (Fsp3) is 0.364. The summed E-state index contributed by atoms with van der Waals surface area (Å²) in [6.07, 6.45) is 0. The minimum Gasteiger partial charge on any atom is -0.375 e. The molecule has 5 nitrogen and oxygen atoms in total. The second-order valence-electron chi connectivity index (χ2n) is 3.64. The Morgan fingerprint density at radius 3 is 3.19 bits per heavy atom. The van der Waals surface area contributed by atoms with Crippen molar-refractivity contribution in [2.45, 2.75) is 12.6 Å². The lowest BCUT2D eigenvalue weighted by atomic mass is 10.00. The lowest BCUT2D eigenvalue weighted by molar-refractivity contribution is -0.127. The lowest BCUT2D eigenvalue weighted by Crippen LogP contribution is -2.32. The minimum atomic E-state index is -0.502. The third-order valence-corrected chi connectivity index (χ3v) is 2.41. The minimum absolute atomic E-state index is 0.0516. The largest absolute Gasteiger partial charge is 0.375 e. The molecule has 1 aliphatic rings. The molecular formula is C11H14N2O3. The molecule has 3 N–H and O–H groups in total. The molecule has 0 fully saturated rings. The Labute approximate surface area is 93.5 Å². The van der Waals surface area contributed by atoms with Crippen molar-refractivity contribution in [3.63, 3.8) is 0 Å². The first kappa shape index (κ1) is 11.1. The molecule has 0 aliphatic carbocycles. The number of hydrogen-bond donors (Lipinski definition) is 2. The van der Waals surface area contributed by atoms with Crippen LogP contribution in [-0.2, 0) is 21.0 Å². The Bertz CT molecular complexity index is 381. The zero-order valence-electron chi connectivity index (χ0n) is 8.81. The van der Waals surface area contributed by atoms with Gasteiger partial charge in [-0.2, -0.15) is 5.48 Å². The Morgan fingerprint density at radius 2 is 2.38 bits per heavy atom. The number of hydrogen-bond acceptors (Lipinski definition) is 4. The van der Waals surface area contributed by atoms with E-state index in [1.54, 1.807) is 0 Å². The third-order valence-electron chi connectivity index (χ3n) is 2.41. The summed E-state index contributed by atoms with van der Waals surface area (Å²) in [6, 6.07) is 7.91. The number of hydroxylamine groups is 1. The summed E-state index contributed by atoms with van der Waals surface area (Å²) in [5.74, 6) is -0.502. The van der Waals surface area contributed by atoms with E-state index >= 15 is 0 Å². The molecule has 0 bridgehead atoms. The number of carbonyl (C=O) groups is 1. The Hall–Kier alpha value is -1.43. The van der Waals surface area contributed by atoms with Crippen LogP contribution in [0.3, 0.4) is 0 Å². The highest BCUT2D eigenvalue weighted by molar-refractivity contribution is 5.74. The first-order valence-corrected chi connectivity index (χ1v) is 5.08. The molecule has 1 amide bonds. The zero-order valence-corrected chi connectivity index (χ0v) is 8.81. The number of amides is 1. The maximum Gasteiger partial charge on any atom is 0.245 e. The monoisotopic (exact) mass is 222 g/mol. The van der Waals surface area contributed by atoms with Crippen molar-refractivity contribution in [1.82, 2.24) is 5.48 Å². The van der Waals surface area contributed by atoms with Gasteiger partial charge >= 0.3 is 0 Å². The van der Waals surface area contributed by atoms with E-state index in [2.05, 4.69) is 5.48 Å². The van der Waals surface area contributed by atoms with Gasteiger partial charge in [-0.05, 0) is 11.1 Å². The number of rotatable bonds is 4. The van der Waals surface area contributed by atoms with Gasteiger partial charge < -0.3 is 10.5 Å². The molecule has 0 saturated carbocycles. The predicted octanol–water partition coefficient (Wildman–Crippen LogP) is 0.264. The van der Waals surface area contributed by atoms with Gasteiger partial charge in [0.25, 0.3) is 0 Å². The first-order chi connectivity index (χ1) is 7.77. The maximum absolute atomic E-state index is 10.5. The Morgan fingerprint density at radius 1 is 1.56 bits per heavy atom. The molecule has 1 aliphatic heterocycles. The van der Waals surface area contributed by atoms with Crippen LogP contribution in [0.25, 0.3) is 0 Å². The second kappa shape index (κ2) is 5.07. The van der Waals surface area contributed by atoms with Crippen LogP contribution in [0.5, 0.6) is 0 Å². The number of carbonyl (C=O) groups excluding carboxylic acids is 1. The molecule has 5 heteroatoms. The molecule has 86 valence electrons. The normalized spacial score (nSPS) is 19.1. The molecule has 1 aromatic rings. The van der Waals surface area contributed by atoms with Gasteiger partial charge in [-0.25, -0.2) is 0 Å². The number of nitrogens with one attached hydrogen (secondary N) is 1. The number of primary amides is 1. The van der Waals surface area contributed by atoms with Crippen molar-refractivity contribution in [3.8, 4) is 0 Å². The number of benzene rings is 1. The van der Waals surface area contributed by atoms with E-state index in [1.807, 2.05) is 24.3 Å². The van der Waals surface area contributed by atoms with Crippen LogP contribution in [0, 0.1) is 0 Å². The smallest absolute Gasteiger partial charge is 0.245 e. The maximum atomic E-state index is 10.5. The van der Waals surface area contributed by atoms with Gasteiger partial charge in [0.1, 0.15) is 6.61 Å². The predicted molar refractivity (Wildman–Crippen MR) is 57.1 cm³/mol. The SMILES string of the molecule is NC(=O)CONC1COCc2ccccc21. The third kappa shape index (κ3) is 2.57. The van der Waals surface area contributed by atoms with Crippen LogP contribution < -0.4 is 11.2 Å². The summed E-state index contributed by atoms with van der Waals surface area (Å²) in [4.78, 5) is 15.5. The topological polar surface area (TPSA) is 73.6 Å². The summed E-state index contributed by atoms with van der Waals surface area (Å²) in [7, 11) is 0. The van der Waals surface area contributed by atoms with Gasteiger partial charge in [0.05, 0.1) is 19.3 Å². The second-order valence-corrected chi connectivity index (χ2v) is 3.64. The van der Waals surface area contributed by atoms with Crippen molar-refractivity contribution >= 4 is 5.91 Å². The van der Waals surface area contributed by atoms with Crippen LogP contribution in [0.15, 0.2) is 24.3 Å². The molecular weight excluding hydrogens is 208 g/mol. The van der Waals surface area contributed by atoms with Crippen molar-refractivity contribution < 1.29 is 14.4 Å². The lowest BCUT2D eigenvalue weighted by Gasteiger charge is -2.25. The molecule has 0 radical (unpaired) electrons. The van der Waals surface area contributed by atoms with E-state index in [4.69, 9.17) is 15.3 Å². The van der Waals surface area contributed by atoms with E-state index in [-0.39, 0.29) is 12.6 Å². The molecule has 2 rings (SSSR count). The molecule has 1 aromatic carbocycles. The van der Waals surface area contributed by atoms with E-state index in [0.717, 1.165) is 11.1 Å². The highest BCUT2D eigenvalue weighted by Gasteiger charge is 2.20. The molecule has 0 aromatic heterocycles. The van der Waals surface area contributed by atoms with Gasteiger partial charge in [0.15, 0.2) is 0 Å². The van der Waals surface area contributed by atoms with Crippen molar-refractivity contribution in [2.24, 2.45) is 5.73 Å². The van der Waals surface area contributed by atoms with Crippen LogP contribution in [0.1, 0.15) is 17.2 Å². The van der Waals surface area contributed by atoms with E-state index < -0.39 is 5.91 Å². The quantitative estimate of drug-likeness (QED) is 0.717. The van der Waals surface area contributed by atoms with Crippen LogP contribution in [0.2, 0.25) is 0 Å². The standard InChI is InChI=1S/C11H14N2O3/c12-11(14)7-16-13-10-6-15-5-8-3-1-2-4-9(8)10/h1-4,10,13H,5-7H2,(H2,12,14). The summed E-state index contributed by atoms with van der Waals surface area (Å²) in [6.45, 7) is 0.999. The summed E-state index contributed by atoms with van der Waals surface area (Å²) in [5, 5.41) is 0.